The van der Waals surface area contributed by atoms with Crippen molar-refractivity contribution in [2.45, 2.75) is 37.8 Å². The Bertz CT molecular complexity index is 667. The molecule has 2 aliphatic rings. The largest absolute Gasteiger partial charge is 0.373 e. The monoisotopic (exact) mass is 331 g/mol. The summed E-state index contributed by atoms with van der Waals surface area (Å²) in [5.41, 5.74) is 1.22. The summed E-state index contributed by atoms with van der Waals surface area (Å²) in [7, 11) is 0. The zero-order valence-electron chi connectivity index (χ0n) is 13.1. The Morgan fingerprint density at radius 1 is 1.48 bits per heavy atom. The van der Waals surface area contributed by atoms with E-state index in [2.05, 4.69) is 21.0 Å². The second kappa shape index (κ2) is 6.45. The first-order valence-corrected chi connectivity index (χ1v) is 9.12. The van der Waals surface area contributed by atoms with Crippen LogP contribution in [0.1, 0.15) is 41.8 Å². The van der Waals surface area contributed by atoms with Gasteiger partial charge in [-0.3, -0.25) is 4.79 Å². The van der Waals surface area contributed by atoms with Crippen LogP contribution < -0.4 is 0 Å². The molecule has 2 aromatic rings. The van der Waals surface area contributed by atoms with Gasteiger partial charge in [0.1, 0.15) is 0 Å². The highest BCUT2D eigenvalue weighted by atomic mass is 32.1. The van der Waals surface area contributed by atoms with Crippen LogP contribution >= 0.6 is 11.3 Å². The molecule has 4 heterocycles. The van der Waals surface area contributed by atoms with E-state index in [9.17, 15) is 4.79 Å². The Morgan fingerprint density at radius 3 is 3.30 bits per heavy atom. The summed E-state index contributed by atoms with van der Waals surface area (Å²) in [5, 5.41) is 2.10. The highest BCUT2D eigenvalue weighted by Gasteiger charge is 2.29. The molecule has 2 atom stereocenters. The van der Waals surface area contributed by atoms with Crippen LogP contribution in [0.25, 0.3) is 0 Å². The van der Waals surface area contributed by atoms with E-state index < -0.39 is 0 Å². The first kappa shape index (κ1) is 14.9. The lowest BCUT2D eigenvalue weighted by molar-refractivity contribution is -0.136. The normalized spacial score (nSPS) is 24.4. The molecule has 0 radical (unpaired) electrons. The van der Waals surface area contributed by atoms with Gasteiger partial charge in [0, 0.05) is 36.8 Å². The smallest absolute Gasteiger partial charge is 0.225 e. The fourth-order valence-corrected chi connectivity index (χ4v) is 4.51. The summed E-state index contributed by atoms with van der Waals surface area (Å²) in [6, 6.07) is 2.46. The molecule has 1 fully saturated rings. The van der Waals surface area contributed by atoms with Crippen molar-refractivity contribution in [1.29, 1.82) is 0 Å². The predicted octanol–water partition coefficient (Wildman–Crippen LogP) is 2.81. The van der Waals surface area contributed by atoms with Crippen LogP contribution in [0.15, 0.2) is 30.2 Å². The van der Waals surface area contributed by atoms with Crippen molar-refractivity contribution in [2.75, 3.05) is 19.7 Å². The number of fused-ring (bicyclic) bond motifs is 1. The third-order valence-electron chi connectivity index (χ3n) is 4.83. The minimum absolute atomic E-state index is 0.0638. The van der Waals surface area contributed by atoms with E-state index in [1.165, 1.54) is 10.4 Å². The summed E-state index contributed by atoms with van der Waals surface area (Å²) in [6.07, 6.45) is 9.16. The summed E-state index contributed by atoms with van der Waals surface area (Å²) >= 11 is 1.78. The highest BCUT2D eigenvalue weighted by Crippen LogP contribution is 2.34. The standard InChI is InChI=1S/C17H21N3O2S/c21-17(10-15-14-4-9-23-16(14)3-8-22-15)19-6-1-2-13(11-19)20-7-5-18-12-20/h4-5,7,9,12-13,15H,1-3,6,8,10-11H2/t13-,15-/m0/s1. The molecule has 1 saturated heterocycles. The second-order valence-corrected chi connectivity index (χ2v) is 7.26. The number of nitrogens with zero attached hydrogens (tertiary/aromatic N) is 3. The van der Waals surface area contributed by atoms with E-state index in [1.54, 1.807) is 17.5 Å². The molecule has 2 aliphatic heterocycles. The van der Waals surface area contributed by atoms with Crippen molar-refractivity contribution in [1.82, 2.24) is 14.5 Å². The first-order chi connectivity index (χ1) is 11.3. The molecule has 2 aromatic heterocycles. The number of piperidine rings is 1. The molecule has 122 valence electrons. The van der Waals surface area contributed by atoms with Gasteiger partial charge >= 0.3 is 0 Å². The predicted molar refractivity (Wildman–Crippen MR) is 88.4 cm³/mol. The fourth-order valence-electron chi connectivity index (χ4n) is 3.59. The quantitative estimate of drug-likeness (QED) is 0.869. The molecule has 23 heavy (non-hydrogen) atoms. The molecule has 0 spiro atoms. The molecule has 0 aromatic carbocycles. The van der Waals surface area contributed by atoms with Gasteiger partial charge in [-0.05, 0) is 29.9 Å². The van der Waals surface area contributed by atoms with E-state index in [4.69, 9.17) is 4.74 Å². The third-order valence-corrected chi connectivity index (χ3v) is 5.83. The SMILES string of the molecule is O=C(C[C@@H]1OCCc2sccc21)N1CCC[C@H](n2ccnc2)C1. The number of imidazole rings is 1. The molecular formula is C17H21N3O2S. The Kier molecular flexibility index (Phi) is 4.18. The van der Waals surface area contributed by atoms with Crippen molar-refractivity contribution in [3.63, 3.8) is 0 Å². The maximum atomic E-state index is 12.7. The number of hydrogen-bond acceptors (Lipinski definition) is 4. The van der Waals surface area contributed by atoms with Crippen LogP contribution in [-0.2, 0) is 16.0 Å². The van der Waals surface area contributed by atoms with Crippen molar-refractivity contribution in [2.24, 2.45) is 0 Å². The van der Waals surface area contributed by atoms with Gasteiger partial charge in [-0.15, -0.1) is 11.3 Å². The number of ether oxygens (including phenoxy) is 1. The van der Waals surface area contributed by atoms with Gasteiger partial charge in [-0.2, -0.15) is 0 Å². The van der Waals surface area contributed by atoms with Crippen molar-refractivity contribution < 1.29 is 9.53 Å². The number of amides is 1. The Balaban J connectivity index is 1.42. The van der Waals surface area contributed by atoms with E-state index in [1.807, 2.05) is 17.4 Å². The Labute approximate surface area is 139 Å². The average molecular weight is 331 g/mol. The lowest BCUT2D eigenvalue weighted by Gasteiger charge is -2.34. The van der Waals surface area contributed by atoms with Gasteiger partial charge in [0.2, 0.25) is 5.91 Å². The molecule has 0 saturated carbocycles. The third kappa shape index (κ3) is 3.05. The van der Waals surface area contributed by atoms with E-state index in [0.29, 0.717) is 12.5 Å². The van der Waals surface area contributed by atoms with Crippen LogP contribution in [0.2, 0.25) is 0 Å². The lowest BCUT2D eigenvalue weighted by atomic mass is 10.0. The van der Waals surface area contributed by atoms with Crippen LogP contribution in [0, 0.1) is 0 Å². The van der Waals surface area contributed by atoms with Crippen molar-refractivity contribution in [3.8, 4) is 0 Å². The molecule has 0 aliphatic carbocycles. The number of likely N-dealkylation sites (tertiary alicyclic amines) is 1. The van der Waals surface area contributed by atoms with E-state index >= 15 is 0 Å². The van der Waals surface area contributed by atoms with E-state index in [-0.39, 0.29) is 12.0 Å². The van der Waals surface area contributed by atoms with Gasteiger partial charge in [0.05, 0.1) is 31.5 Å². The number of hydrogen-bond donors (Lipinski definition) is 0. The van der Waals surface area contributed by atoms with Gasteiger partial charge in [-0.25, -0.2) is 4.98 Å². The molecule has 1 amide bonds. The van der Waals surface area contributed by atoms with E-state index in [0.717, 1.165) is 39.0 Å². The summed E-state index contributed by atoms with van der Waals surface area (Å²) in [6.45, 7) is 2.36. The van der Waals surface area contributed by atoms with Crippen molar-refractivity contribution in [3.05, 3.63) is 40.6 Å². The molecular weight excluding hydrogens is 310 g/mol. The molecule has 4 rings (SSSR count). The molecule has 0 unspecified atom stereocenters. The maximum Gasteiger partial charge on any atom is 0.225 e. The highest BCUT2D eigenvalue weighted by molar-refractivity contribution is 7.10. The van der Waals surface area contributed by atoms with Crippen LogP contribution in [-0.4, -0.2) is 40.1 Å². The van der Waals surface area contributed by atoms with Crippen LogP contribution in [0.5, 0.6) is 0 Å². The fraction of sp³-hybridized carbons (Fsp3) is 0.529. The molecule has 0 N–H and O–H groups in total. The summed E-state index contributed by atoms with van der Waals surface area (Å²) < 4.78 is 7.99. The molecule has 5 nitrogen and oxygen atoms in total. The van der Waals surface area contributed by atoms with Crippen LogP contribution in [0.3, 0.4) is 0 Å². The van der Waals surface area contributed by atoms with Gasteiger partial charge in [-0.1, -0.05) is 0 Å². The summed E-state index contributed by atoms with van der Waals surface area (Å²) in [4.78, 5) is 20.2. The second-order valence-electron chi connectivity index (χ2n) is 6.26. The number of rotatable bonds is 3. The minimum atomic E-state index is -0.0638. The zero-order chi connectivity index (χ0) is 15.6. The average Bonchev–Trinajstić information content (AvgIpc) is 3.27. The Morgan fingerprint density at radius 2 is 2.43 bits per heavy atom. The number of thiophene rings is 1. The topological polar surface area (TPSA) is 47.4 Å². The number of carbonyl (C=O) groups excluding carboxylic acids is 1. The minimum Gasteiger partial charge on any atom is -0.373 e. The first-order valence-electron chi connectivity index (χ1n) is 8.24. The Hall–Kier alpha value is -1.66. The van der Waals surface area contributed by atoms with Gasteiger partial charge < -0.3 is 14.2 Å². The van der Waals surface area contributed by atoms with Crippen LogP contribution in [0.4, 0.5) is 0 Å². The molecule has 6 heteroatoms. The zero-order valence-corrected chi connectivity index (χ0v) is 13.9. The van der Waals surface area contributed by atoms with Crippen molar-refractivity contribution >= 4 is 17.2 Å². The van der Waals surface area contributed by atoms with Gasteiger partial charge in [0.15, 0.2) is 0 Å². The van der Waals surface area contributed by atoms with Gasteiger partial charge in [0.25, 0.3) is 0 Å². The number of carbonyl (C=O) groups is 1. The number of aromatic nitrogens is 2. The maximum absolute atomic E-state index is 12.7. The summed E-state index contributed by atoms with van der Waals surface area (Å²) in [5.74, 6) is 0.207. The lowest BCUT2D eigenvalue weighted by Crippen LogP contribution is -2.41. The molecule has 0 bridgehead atoms.